The fraction of sp³-hybridized carbons (Fsp3) is 0.493. The van der Waals surface area contributed by atoms with Crippen LogP contribution in [0.3, 0.4) is 0 Å². The summed E-state index contributed by atoms with van der Waals surface area (Å²) >= 11 is 14.9. The molecule has 0 aliphatic heterocycles. The van der Waals surface area contributed by atoms with Crippen molar-refractivity contribution in [3.63, 3.8) is 0 Å². The van der Waals surface area contributed by atoms with Gasteiger partial charge < -0.3 is 23.7 Å². The zero-order valence-corrected chi connectivity index (χ0v) is 58.5. The highest BCUT2D eigenvalue weighted by Gasteiger charge is 2.44. The van der Waals surface area contributed by atoms with E-state index < -0.39 is 75.4 Å². The summed E-state index contributed by atoms with van der Waals surface area (Å²) in [7, 11) is -8.71. The molecular formula is C73H98Cl2O6P2. The second-order valence-electron chi connectivity index (χ2n) is 31.4. The summed E-state index contributed by atoms with van der Waals surface area (Å²) in [5.41, 5.74) is 4.74. The monoisotopic (exact) mass is 1200 g/mol. The molecule has 6 rings (SSSR count). The molecule has 1 unspecified atom stereocenters. The molecule has 450 valence electrons. The Morgan fingerprint density at radius 1 is 0.422 bits per heavy atom. The zero-order chi connectivity index (χ0) is 63.1. The minimum atomic E-state index is -4.36. The molecule has 0 bridgehead atoms. The molecule has 6 nitrogen and oxygen atoms in total. The Hall–Kier alpha value is -4.57. The first-order valence-corrected chi connectivity index (χ1v) is 33.7. The van der Waals surface area contributed by atoms with Gasteiger partial charge in [-0.05, 0) is 174 Å². The van der Waals surface area contributed by atoms with E-state index in [1.165, 1.54) is 0 Å². The number of hydrogen-bond donors (Lipinski definition) is 1. The Balaban J connectivity index is 2.08. The topological polar surface area (TPSA) is 89.9 Å². The first-order valence-electron chi connectivity index (χ1n) is 29.5. The van der Waals surface area contributed by atoms with Crippen molar-refractivity contribution in [2.45, 2.75) is 229 Å². The molecule has 1 N–H and O–H groups in total. The van der Waals surface area contributed by atoms with Crippen molar-refractivity contribution >= 4 is 75.3 Å². The summed E-state index contributed by atoms with van der Waals surface area (Å²) in [6.45, 7) is 55.2. The van der Waals surface area contributed by atoms with Gasteiger partial charge in [-0.25, -0.2) is 4.79 Å². The van der Waals surface area contributed by atoms with Crippen LogP contribution in [0.4, 0.5) is 0 Å². The fourth-order valence-electron chi connectivity index (χ4n) is 10.2. The Kier molecular flexibility index (Phi) is 18.7. The van der Waals surface area contributed by atoms with Gasteiger partial charge >= 0.3 is 5.97 Å². The van der Waals surface area contributed by atoms with Gasteiger partial charge in [0.2, 0.25) is 0 Å². The van der Waals surface area contributed by atoms with Gasteiger partial charge in [0.15, 0.2) is 20.4 Å². The molecule has 83 heavy (non-hydrogen) atoms. The summed E-state index contributed by atoms with van der Waals surface area (Å²) in [6.07, 6.45) is -1.26. The summed E-state index contributed by atoms with van der Waals surface area (Å²) in [5, 5.41) is 16.1. The maximum absolute atomic E-state index is 18.7. The van der Waals surface area contributed by atoms with Crippen molar-refractivity contribution in [3.8, 4) is 22.6 Å². The molecule has 0 radical (unpaired) electrons. The zero-order valence-electron chi connectivity index (χ0n) is 55.2. The normalized spacial score (nSPS) is 14.0. The average molecular weight is 1200 g/mol. The van der Waals surface area contributed by atoms with Crippen LogP contribution in [-0.2, 0) is 62.0 Å². The van der Waals surface area contributed by atoms with Gasteiger partial charge in [0.1, 0.15) is 11.5 Å². The molecule has 0 aromatic heterocycles. The highest BCUT2D eigenvalue weighted by molar-refractivity contribution is 7.86. The number of hydrogen-bond acceptors (Lipinski definition) is 6. The number of rotatable bonds is 11. The fourth-order valence-corrected chi connectivity index (χ4v) is 16.5. The van der Waals surface area contributed by atoms with Crippen LogP contribution in [0, 0.1) is 0 Å². The number of phenols is 1. The first-order chi connectivity index (χ1) is 37.5. The van der Waals surface area contributed by atoms with Crippen molar-refractivity contribution in [2.24, 2.45) is 0 Å². The largest absolute Gasteiger partial charge is 0.506 e. The van der Waals surface area contributed by atoms with Crippen molar-refractivity contribution < 1.29 is 28.5 Å². The van der Waals surface area contributed by atoms with Crippen LogP contribution in [0.25, 0.3) is 11.1 Å². The third-order valence-electron chi connectivity index (χ3n) is 16.1. The predicted octanol–water partition coefficient (Wildman–Crippen LogP) is 18.4. The first kappa shape index (κ1) is 67.6. The van der Waals surface area contributed by atoms with Gasteiger partial charge in [-0.3, -0.25) is 0 Å². The molecule has 0 saturated carbocycles. The Morgan fingerprint density at radius 3 is 0.904 bits per heavy atom. The minimum Gasteiger partial charge on any atom is -0.506 e. The van der Waals surface area contributed by atoms with Crippen LogP contribution in [-0.4, -0.2) is 23.8 Å². The van der Waals surface area contributed by atoms with E-state index in [0.717, 1.165) is 44.5 Å². The Labute approximate surface area is 511 Å². The maximum atomic E-state index is 18.7. The lowest BCUT2D eigenvalue weighted by Gasteiger charge is -2.34. The van der Waals surface area contributed by atoms with Gasteiger partial charge in [0, 0.05) is 43.0 Å². The third kappa shape index (κ3) is 14.2. The highest BCUT2D eigenvalue weighted by Crippen LogP contribution is 2.57. The Bertz CT molecular complexity index is 3260. The number of ether oxygens (including phenoxy) is 2. The SMILES string of the molecule is CCOC(=O)C(C)Oc1c(Cl)ccc(P(=O)(c2cc(C(C)(C)C)cc(C(C)(C)C)c2)c2cc(C(C)(C)C)cc(C(C)(C)C)c2)c1-c1c(P(=O)(c2cc(C(C)(C)C)cc(C(C)(C)C)c2)c2cc(C(C)(C)C)cc(C(C)(C)C)c2)ccc(Cl)c1O. The third-order valence-corrected chi connectivity index (χ3v) is 22.7. The molecular weight excluding hydrogens is 1110 g/mol. The van der Waals surface area contributed by atoms with Gasteiger partial charge in [-0.1, -0.05) is 214 Å². The molecule has 0 aliphatic rings. The molecule has 0 saturated heterocycles. The standard InChI is InChI=1S/C73H98Cl2O6P2/c1-27-80-65(77)44(2)81-64-58(75)29-31-60(83(79,55-40-49(70(15,16)17)34-50(41-55)71(18,19)20)56-42-51(72(21,22)23)35-52(43-56)73(24,25)26)62(64)61-59(30-28-57(74)63(61)76)82(78,53-36-45(66(3,4)5)32-46(37-53)67(6,7)8)54-38-47(68(9,10)11)33-48(39-54)69(12,13)14/h28-44,76H,27H2,1-26H3. The lowest BCUT2D eigenvalue weighted by atomic mass is 9.81. The van der Waals surface area contributed by atoms with Gasteiger partial charge in [-0.2, -0.15) is 0 Å². The predicted molar refractivity (Wildman–Crippen MR) is 359 cm³/mol. The molecule has 0 amide bonds. The molecule has 0 heterocycles. The number of carbonyl (C=O) groups excluding carboxylic acids is 1. The number of benzene rings is 6. The number of esters is 1. The van der Waals surface area contributed by atoms with E-state index in [0.29, 0.717) is 21.2 Å². The maximum Gasteiger partial charge on any atom is 0.347 e. The lowest BCUT2D eigenvalue weighted by molar-refractivity contribution is -0.150. The van der Waals surface area contributed by atoms with Crippen LogP contribution < -0.4 is 36.6 Å². The Morgan fingerprint density at radius 2 is 0.663 bits per heavy atom. The number of aromatic hydroxyl groups is 1. The van der Waals surface area contributed by atoms with Gasteiger partial charge in [0.05, 0.1) is 16.7 Å². The van der Waals surface area contributed by atoms with E-state index in [4.69, 9.17) is 32.7 Å². The van der Waals surface area contributed by atoms with Crippen LogP contribution in [0.15, 0.2) is 97.1 Å². The quantitative estimate of drug-likeness (QED) is 0.103. The van der Waals surface area contributed by atoms with Gasteiger partial charge in [0.25, 0.3) is 0 Å². The van der Waals surface area contributed by atoms with Crippen LogP contribution in [0.2, 0.25) is 10.0 Å². The van der Waals surface area contributed by atoms with E-state index in [9.17, 15) is 9.90 Å². The van der Waals surface area contributed by atoms with Gasteiger partial charge in [-0.15, -0.1) is 0 Å². The van der Waals surface area contributed by atoms with Crippen LogP contribution in [0.5, 0.6) is 11.5 Å². The van der Waals surface area contributed by atoms with E-state index in [1.54, 1.807) is 38.1 Å². The van der Waals surface area contributed by atoms with Crippen molar-refractivity contribution in [2.75, 3.05) is 6.61 Å². The number of carbonyl (C=O) groups is 1. The molecule has 6 aromatic carbocycles. The second kappa shape index (κ2) is 22.9. The molecule has 10 heteroatoms. The molecule has 0 fully saturated rings. The van der Waals surface area contributed by atoms with Crippen molar-refractivity contribution in [1.82, 2.24) is 0 Å². The molecule has 6 aromatic rings. The molecule has 0 aliphatic carbocycles. The second-order valence-corrected chi connectivity index (χ2v) is 37.6. The van der Waals surface area contributed by atoms with E-state index in [-0.39, 0.29) is 44.1 Å². The number of phenolic OH excluding ortho intramolecular Hbond substituents is 1. The van der Waals surface area contributed by atoms with Crippen molar-refractivity contribution in [3.05, 3.63) is 152 Å². The molecule has 0 spiro atoms. The lowest BCUT2D eigenvalue weighted by Crippen LogP contribution is -2.34. The molecule has 1 atom stereocenters. The highest BCUT2D eigenvalue weighted by atomic mass is 35.5. The minimum absolute atomic E-state index is 0.0209. The average Bonchev–Trinajstić information content (AvgIpc) is 2.83. The van der Waals surface area contributed by atoms with E-state index in [1.807, 2.05) is 0 Å². The number of halogens is 2. The smallest absolute Gasteiger partial charge is 0.347 e. The van der Waals surface area contributed by atoms with Crippen LogP contribution >= 0.6 is 37.5 Å². The summed E-state index contributed by atoms with van der Waals surface area (Å²) < 4.78 is 49.7. The van der Waals surface area contributed by atoms with E-state index >= 15 is 9.13 Å². The van der Waals surface area contributed by atoms with Crippen LogP contribution in [0.1, 0.15) is 225 Å². The van der Waals surface area contributed by atoms with Crippen molar-refractivity contribution in [1.29, 1.82) is 0 Å². The van der Waals surface area contributed by atoms with E-state index in [2.05, 4.69) is 239 Å². The summed E-state index contributed by atoms with van der Waals surface area (Å²) in [4.78, 5) is 14.0. The summed E-state index contributed by atoms with van der Waals surface area (Å²) in [6, 6.07) is 32.1. The summed E-state index contributed by atoms with van der Waals surface area (Å²) in [5.74, 6) is -1.14.